The summed E-state index contributed by atoms with van der Waals surface area (Å²) in [6.07, 6.45) is -2.43. The van der Waals surface area contributed by atoms with Crippen molar-refractivity contribution in [3.63, 3.8) is 0 Å². The standard InChI is InChI=1S/C15H22N6O6/c1-20(2)8(23)3-4-26-11-10(24)7(5-22)27-14(11)21-6-17-9-12(21)18-15(16)19-13(9)25/h6-7,10-11,14,22,24H,3-5H2,1-2H3,(H3,16,18,19,25)/t7-,10?,11?,14-/m1/s1. The zero-order chi connectivity index (χ0) is 19.7. The summed E-state index contributed by atoms with van der Waals surface area (Å²) in [4.78, 5) is 35.5. The molecule has 2 aromatic heterocycles. The van der Waals surface area contributed by atoms with Crippen molar-refractivity contribution in [3.05, 3.63) is 16.7 Å². The third-order valence-electron chi connectivity index (χ3n) is 4.34. The van der Waals surface area contributed by atoms with Crippen LogP contribution in [0.15, 0.2) is 11.1 Å². The van der Waals surface area contributed by atoms with E-state index >= 15 is 0 Å². The van der Waals surface area contributed by atoms with E-state index in [0.717, 1.165) is 0 Å². The third kappa shape index (κ3) is 3.64. The Morgan fingerprint density at radius 2 is 2.26 bits per heavy atom. The molecular formula is C15H22N6O6. The van der Waals surface area contributed by atoms with Gasteiger partial charge in [0.2, 0.25) is 11.9 Å². The number of nitrogens with zero attached hydrogens (tertiary/aromatic N) is 4. The largest absolute Gasteiger partial charge is 0.394 e. The average Bonchev–Trinajstić information content (AvgIpc) is 3.16. The number of imidazole rings is 1. The highest BCUT2D eigenvalue weighted by molar-refractivity contribution is 5.75. The maximum atomic E-state index is 11.9. The summed E-state index contributed by atoms with van der Waals surface area (Å²) < 4.78 is 12.8. The molecule has 0 spiro atoms. The van der Waals surface area contributed by atoms with Crippen LogP contribution < -0.4 is 11.3 Å². The van der Waals surface area contributed by atoms with Crippen LogP contribution in [-0.4, -0.2) is 86.2 Å². The van der Waals surface area contributed by atoms with Gasteiger partial charge in [0.05, 0.1) is 26.0 Å². The van der Waals surface area contributed by atoms with E-state index < -0.39 is 36.7 Å². The van der Waals surface area contributed by atoms with Crippen molar-refractivity contribution in [3.8, 4) is 0 Å². The second-order valence-electron chi connectivity index (χ2n) is 6.39. The van der Waals surface area contributed by atoms with Crippen LogP contribution >= 0.6 is 0 Å². The number of carbonyl (C=O) groups is 1. The van der Waals surface area contributed by atoms with Crippen LogP contribution in [0.4, 0.5) is 5.95 Å². The Balaban J connectivity index is 1.87. The second kappa shape index (κ2) is 7.60. The van der Waals surface area contributed by atoms with E-state index in [9.17, 15) is 19.8 Å². The zero-order valence-corrected chi connectivity index (χ0v) is 14.9. The van der Waals surface area contributed by atoms with Crippen LogP contribution in [0.3, 0.4) is 0 Å². The number of ether oxygens (including phenoxy) is 2. The lowest BCUT2D eigenvalue weighted by Crippen LogP contribution is -2.36. The summed E-state index contributed by atoms with van der Waals surface area (Å²) in [5.41, 5.74) is 5.30. The number of aliphatic hydroxyl groups excluding tert-OH is 2. The quantitative estimate of drug-likeness (QED) is 0.434. The molecule has 1 saturated heterocycles. The van der Waals surface area contributed by atoms with E-state index in [1.165, 1.54) is 15.8 Å². The molecule has 12 nitrogen and oxygen atoms in total. The summed E-state index contributed by atoms with van der Waals surface area (Å²) in [6.45, 7) is -0.392. The fourth-order valence-electron chi connectivity index (χ4n) is 2.91. The average molecular weight is 382 g/mol. The highest BCUT2D eigenvalue weighted by Gasteiger charge is 2.46. The Hall–Kier alpha value is -2.54. The first kappa shape index (κ1) is 19.2. The van der Waals surface area contributed by atoms with Crippen molar-refractivity contribution in [2.75, 3.05) is 33.0 Å². The molecule has 0 aromatic carbocycles. The molecule has 0 aliphatic carbocycles. The van der Waals surface area contributed by atoms with Crippen LogP contribution in [0, 0.1) is 0 Å². The van der Waals surface area contributed by atoms with E-state index in [1.807, 2.05) is 0 Å². The number of aromatic nitrogens is 4. The topological polar surface area (TPSA) is 169 Å². The van der Waals surface area contributed by atoms with Gasteiger partial charge in [-0.3, -0.25) is 19.1 Å². The molecule has 1 aliphatic rings. The van der Waals surface area contributed by atoms with Crippen molar-refractivity contribution >= 4 is 23.0 Å². The number of aliphatic hydroxyl groups is 2. The highest BCUT2D eigenvalue weighted by Crippen LogP contribution is 2.33. The predicted octanol–water partition coefficient (Wildman–Crippen LogP) is -2.18. The summed E-state index contributed by atoms with van der Waals surface area (Å²) in [6, 6.07) is 0. The monoisotopic (exact) mass is 382 g/mol. The minimum absolute atomic E-state index is 0.0412. The third-order valence-corrected chi connectivity index (χ3v) is 4.34. The number of hydrogen-bond acceptors (Lipinski definition) is 9. The predicted molar refractivity (Wildman–Crippen MR) is 92.6 cm³/mol. The van der Waals surface area contributed by atoms with Gasteiger partial charge in [-0.2, -0.15) is 4.98 Å². The van der Waals surface area contributed by atoms with Gasteiger partial charge < -0.3 is 30.3 Å². The van der Waals surface area contributed by atoms with E-state index in [4.69, 9.17) is 15.2 Å². The Labute approximate surface area is 153 Å². The smallest absolute Gasteiger partial charge is 0.280 e. The first-order chi connectivity index (χ1) is 12.8. The lowest BCUT2D eigenvalue weighted by Gasteiger charge is -2.22. The molecular weight excluding hydrogens is 360 g/mol. The summed E-state index contributed by atoms with van der Waals surface area (Å²) in [5.74, 6) is -0.228. The lowest BCUT2D eigenvalue weighted by atomic mass is 10.1. The minimum Gasteiger partial charge on any atom is -0.394 e. The first-order valence-electron chi connectivity index (χ1n) is 8.32. The molecule has 5 N–H and O–H groups in total. The van der Waals surface area contributed by atoms with Gasteiger partial charge in [-0.1, -0.05) is 0 Å². The van der Waals surface area contributed by atoms with E-state index in [0.29, 0.717) is 0 Å². The Bertz CT molecular complexity index is 879. The molecule has 2 aromatic rings. The number of hydrogen-bond donors (Lipinski definition) is 4. The molecule has 2 unspecified atom stereocenters. The van der Waals surface area contributed by atoms with Gasteiger partial charge in [-0.25, -0.2) is 4.98 Å². The van der Waals surface area contributed by atoms with Crippen molar-refractivity contribution in [1.82, 2.24) is 24.4 Å². The normalized spacial score (nSPS) is 25.2. The van der Waals surface area contributed by atoms with Crippen molar-refractivity contribution < 1.29 is 24.5 Å². The molecule has 1 amide bonds. The van der Waals surface area contributed by atoms with E-state index in [2.05, 4.69) is 15.0 Å². The number of H-pyrrole nitrogens is 1. The van der Waals surface area contributed by atoms with Crippen LogP contribution in [0.1, 0.15) is 12.6 Å². The van der Waals surface area contributed by atoms with Gasteiger partial charge in [0, 0.05) is 14.1 Å². The van der Waals surface area contributed by atoms with Gasteiger partial charge in [-0.15, -0.1) is 0 Å². The molecule has 0 saturated carbocycles. The highest BCUT2D eigenvalue weighted by atomic mass is 16.6. The molecule has 3 rings (SSSR count). The maximum absolute atomic E-state index is 11.9. The Morgan fingerprint density at radius 3 is 2.93 bits per heavy atom. The fourth-order valence-corrected chi connectivity index (χ4v) is 2.91. The molecule has 3 heterocycles. The number of anilines is 1. The zero-order valence-electron chi connectivity index (χ0n) is 14.9. The number of nitrogens with two attached hydrogens (primary N) is 1. The molecule has 0 radical (unpaired) electrons. The van der Waals surface area contributed by atoms with Crippen LogP contribution in [0.25, 0.3) is 11.2 Å². The number of rotatable bonds is 6. The SMILES string of the molecule is CN(C)C(=O)CCOC1C(O)[C@@H](CO)O[C@H]1n1cnc2c(=O)[nH]c(N)nc21. The summed E-state index contributed by atoms with van der Waals surface area (Å²) in [7, 11) is 3.26. The lowest BCUT2D eigenvalue weighted by molar-refractivity contribution is -0.131. The van der Waals surface area contributed by atoms with Crippen LogP contribution in [0.2, 0.25) is 0 Å². The number of amides is 1. The number of nitrogen functional groups attached to an aromatic ring is 1. The van der Waals surface area contributed by atoms with Gasteiger partial charge >= 0.3 is 0 Å². The van der Waals surface area contributed by atoms with Gasteiger partial charge in [0.25, 0.3) is 5.56 Å². The molecule has 1 aliphatic heterocycles. The number of carbonyl (C=O) groups excluding carboxylic acids is 1. The molecule has 4 atom stereocenters. The van der Waals surface area contributed by atoms with Gasteiger partial charge in [-0.05, 0) is 0 Å². The minimum atomic E-state index is -1.15. The summed E-state index contributed by atoms with van der Waals surface area (Å²) >= 11 is 0. The Kier molecular flexibility index (Phi) is 5.41. The number of fused-ring (bicyclic) bond motifs is 1. The maximum Gasteiger partial charge on any atom is 0.280 e. The molecule has 0 bridgehead atoms. The Morgan fingerprint density at radius 1 is 1.52 bits per heavy atom. The second-order valence-corrected chi connectivity index (χ2v) is 6.39. The number of nitrogens with one attached hydrogen (secondary N) is 1. The summed E-state index contributed by atoms with van der Waals surface area (Å²) in [5, 5.41) is 19.9. The van der Waals surface area contributed by atoms with Crippen molar-refractivity contribution in [1.29, 1.82) is 0 Å². The van der Waals surface area contributed by atoms with Gasteiger partial charge in [0.15, 0.2) is 17.4 Å². The number of aromatic amines is 1. The van der Waals surface area contributed by atoms with Crippen LogP contribution in [0.5, 0.6) is 0 Å². The van der Waals surface area contributed by atoms with Crippen molar-refractivity contribution in [2.24, 2.45) is 0 Å². The van der Waals surface area contributed by atoms with E-state index in [1.54, 1.807) is 14.1 Å². The molecule has 27 heavy (non-hydrogen) atoms. The first-order valence-corrected chi connectivity index (χ1v) is 8.32. The molecule has 12 heteroatoms. The fraction of sp³-hybridized carbons (Fsp3) is 0.600. The molecule has 1 fully saturated rings. The van der Waals surface area contributed by atoms with Gasteiger partial charge in [0.1, 0.15) is 18.3 Å². The molecule has 148 valence electrons. The van der Waals surface area contributed by atoms with E-state index in [-0.39, 0.29) is 36.0 Å². The van der Waals surface area contributed by atoms with Crippen LogP contribution in [-0.2, 0) is 14.3 Å². The van der Waals surface area contributed by atoms with Crippen molar-refractivity contribution in [2.45, 2.75) is 31.0 Å².